The maximum Gasteiger partial charge on any atom is 0.229 e. The normalized spacial score (nSPS) is 27.1. The zero-order valence-corrected chi connectivity index (χ0v) is 12.5. The molecule has 104 valence electrons. The van der Waals surface area contributed by atoms with E-state index in [-0.39, 0.29) is 11.8 Å². The summed E-state index contributed by atoms with van der Waals surface area (Å²) in [4.78, 5) is 12.3. The van der Waals surface area contributed by atoms with Gasteiger partial charge in [0.25, 0.3) is 0 Å². The largest absolute Gasteiger partial charge is 0.326 e. The van der Waals surface area contributed by atoms with E-state index in [0.29, 0.717) is 10.2 Å². The third kappa shape index (κ3) is 3.34. The number of halogens is 2. The third-order valence-electron chi connectivity index (χ3n) is 3.76. The Morgan fingerprint density at radius 1 is 1.53 bits per heavy atom. The topological polar surface area (TPSA) is 55.1 Å². The molecule has 1 fully saturated rings. The Morgan fingerprint density at radius 2 is 2.26 bits per heavy atom. The molecule has 0 heterocycles. The smallest absolute Gasteiger partial charge is 0.229 e. The number of amides is 1. The molecule has 3 nitrogen and oxygen atoms in total. The second kappa shape index (κ2) is 5.59. The first kappa shape index (κ1) is 14.5. The second-order valence-corrected chi connectivity index (χ2v) is 6.28. The number of carbonyl (C=O) groups excluding carboxylic acids is 1. The first-order valence-electron chi connectivity index (χ1n) is 6.45. The van der Waals surface area contributed by atoms with Crippen LogP contribution in [0, 0.1) is 11.7 Å². The van der Waals surface area contributed by atoms with E-state index < -0.39 is 11.4 Å². The van der Waals surface area contributed by atoms with Crippen LogP contribution in [0.2, 0.25) is 0 Å². The van der Waals surface area contributed by atoms with Crippen molar-refractivity contribution in [2.45, 2.75) is 38.1 Å². The first-order chi connectivity index (χ1) is 8.90. The number of hydrogen-bond donors (Lipinski definition) is 2. The minimum atomic E-state index is -0.476. The van der Waals surface area contributed by atoms with Gasteiger partial charge < -0.3 is 11.1 Å². The van der Waals surface area contributed by atoms with Crippen LogP contribution in [0.25, 0.3) is 0 Å². The average Bonchev–Trinajstić information content (AvgIpc) is 2.33. The Balaban J connectivity index is 2.09. The van der Waals surface area contributed by atoms with Gasteiger partial charge in [0.2, 0.25) is 5.91 Å². The molecule has 2 atom stereocenters. The summed E-state index contributed by atoms with van der Waals surface area (Å²) in [5, 5.41) is 2.76. The van der Waals surface area contributed by atoms with Crippen molar-refractivity contribution in [2.24, 2.45) is 11.7 Å². The molecule has 2 unspecified atom stereocenters. The average molecular weight is 329 g/mol. The summed E-state index contributed by atoms with van der Waals surface area (Å²) in [6.45, 7) is 1.92. The molecule has 1 saturated carbocycles. The quantitative estimate of drug-likeness (QED) is 0.873. The minimum Gasteiger partial charge on any atom is -0.326 e. The Kier molecular flexibility index (Phi) is 4.26. The van der Waals surface area contributed by atoms with Gasteiger partial charge in [-0.05, 0) is 53.9 Å². The van der Waals surface area contributed by atoms with E-state index in [1.807, 2.05) is 6.92 Å². The van der Waals surface area contributed by atoms with E-state index >= 15 is 0 Å². The molecular formula is C14H18BrFN2O. The van der Waals surface area contributed by atoms with Gasteiger partial charge in [-0.3, -0.25) is 4.79 Å². The van der Waals surface area contributed by atoms with Crippen LogP contribution in [-0.4, -0.2) is 11.4 Å². The van der Waals surface area contributed by atoms with Crippen molar-refractivity contribution in [2.75, 3.05) is 5.32 Å². The fourth-order valence-corrected chi connectivity index (χ4v) is 2.84. The van der Waals surface area contributed by atoms with E-state index in [1.54, 1.807) is 12.1 Å². The van der Waals surface area contributed by atoms with Crippen LogP contribution in [0.15, 0.2) is 22.7 Å². The second-order valence-electron chi connectivity index (χ2n) is 5.42. The highest BCUT2D eigenvalue weighted by molar-refractivity contribution is 9.10. The number of rotatable bonds is 2. The molecule has 1 aliphatic carbocycles. The van der Waals surface area contributed by atoms with E-state index in [4.69, 9.17) is 5.73 Å². The maximum absolute atomic E-state index is 13.4. The fourth-order valence-electron chi connectivity index (χ4n) is 2.59. The molecule has 2 rings (SSSR count). The number of anilines is 1. The molecule has 5 heteroatoms. The summed E-state index contributed by atoms with van der Waals surface area (Å²) >= 11 is 3.08. The lowest BCUT2D eigenvalue weighted by Crippen LogP contribution is -2.51. The molecule has 19 heavy (non-hydrogen) atoms. The van der Waals surface area contributed by atoms with Crippen LogP contribution >= 0.6 is 15.9 Å². The molecule has 1 aromatic rings. The number of carbonyl (C=O) groups is 1. The van der Waals surface area contributed by atoms with Gasteiger partial charge in [-0.1, -0.05) is 12.8 Å². The lowest BCUT2D eigenvalue weighted by molar-refractivity contribution is -0.122. The molecule has 0 spiro atoms. The molecule has 3 N–H and O–H groups in total. The fraction of sp³-hybridized carbons (Fsp3) is 0.500. The van der Waals surface area contributed by atoms with Crippen molar-refractivity contribution < 1.29 is 9.18 Å². The van der Waals surface area contributed by atoms with Crippen molar-refractivity contribution in [1.29, 1.82) is 0 Å². The highest BCUT2D eigenvalue weighted by Crippen LogP contribution is 2.32. The standard InChI is InChI=1S/C14H18BrFN2O/c1-14(17)7-3-2-4-10(14)13(19)18-9-5-6-11(15)12(16)8-9/h5-6,8,10H,2-4,7,17H2,1H3,(H,18,19). The Morgan fingerprint density at radius 3 is 2.89 bits per heavy atom. The third-order valence-corrected chi connectivity index (χ3v) is 4.40. The predicted octanol–water partition coefficient (Wildman–Crippen LogP) is 3.43. The lowest BCUT2D eigenvalue weighted by Gasteiger charge is -2.37. The number of nitrogens with two attached hydrogens (primary N) is 1. The van der Waals surface area contributed by atoms with Crippen molar-refractivity contribution in [3.05, 3.63) is 28.5 Å². The Bertz CT molecular complexity index is 490. The lowest BCUT2D eigenvalue weighted by atomic mass is 9.74. The highest BCUT2D eigenvalue weighted by atomic mass is 79.9. The number of benzene rings is 1. The van der Waals surface area contributed by atoms with Crippen molar-refractivity contribution >= 4 is 27.5 Å². The molecule has 0 radical (unpaired) electrons. The van der Waals surface area contributed by atoms with Gasteiger partial charge in [-0.2, -0.15) is 0 Å². The van der Waals surface area contributed by atoms with Gasteiger partial charge in [-0.15, -0.1) is 0 Å². The van der Waals surface area contributed by atoms with Crippen LogP contribution in [0.1, 0.15) is 32.6 Å². The summed E-state index contributed by atoms with van der Waals surface area (Å²) < 4.78 is 13.8. The monoisotopic (exact) mass is 328 g/mol. The predicted molar refractivity (Wildman–Crippen MR) is 77.3 cm³/mol. The maximum atomic E-state index is 13.4. The molecule has 1 amide bonds. The van der Waals surface area contributed by atoms with Crippen molar-refractivity contribution in [3.63, 3.8) is 0 Å². The van der Waals surface area contributed by atoms with E-state index in [9.17, 15) is 9.18 Å². The van der Waals surface area contributed by atoms with Gasteiger partial charge in [0, 0.05) is 11.2 Å². The number of nitrogens with one attached hydrogen (secondary N) is 1. The molecule has 0 saturated heterocycles. The molecule has 0 bridgehead atoms. The SMILES string of the molecule is CC1(N)CCCCC1C(=O)Nc1ccc(Br)c(F)c1. The Labute approximate surface area is 120 Å². The van der Waals surface area contributed by atoms with Crippen molar-refractivity contribution in [3.8, 4) is 0 Å². The molecule has 0 aromatic heterocycles. The highest BCUT2D eigenvalue weighted by Gasteiger charge is 2.37. The van der Waals surface area contributed by atoms with E-state index in [2.05, 4.69) is 21.2 Å². The summed E-state index contributed by atoms with van der Waals surface area (Å²) in [7, 11) is 0. The van der Waals surface area contributed by atoms with Gasteiger partial charge >= 0.3 is 0 Å². The van der Waals surface area contributed by atoms with Gasteiger partial charge in [0.1, 0.15) is 5.82 Å². The summed E-state index contributed by atoms with van der Waals surface area (Å²) in [6.07, 6.45) is 3.71. The first-order valence-corrected chi connectivity index (χ1v) is 7.24. The van der Waals surface area contributed by atoms with Crippen LogP contribution in [0.5, 0.6) is 0 Å². The van der Waals surface area contributed by atoms with Crippen LogP contribution < -0.4 is 11.1 Å². The van der Waals surface area contributed by atoms with Crippen LogP contribution in [0.3, 0.4) is 0 Å². The summed E-state index contributed by atoms with van der Waals surface area (Å²) in [5.41, 5.74) is 6.18. The molecular weight excluding hydrogens is 311 g/mol. The van der Waals surface area contributed by atoms with Crippen LogP contribution in [-0.2, 0) is 4.79 Å². The van der Waals surface area contributed by atoms with E-state index in [0.717, 1.165) is 25.7 Å². The van der Waals surface area contributed by atoms with Gasteiger partial charge in [0.05, 0.1) is 10.4 Å². The number of hydrogen-bond acceptors (Lipinski definition) is 2. The zero-order valence-electron chi connectivity index (χ0n) is 10.9. The minimum absolute atomic E-state index is 0.119. The van der Waals surface area contributed by atoms with Gasteiger partial charge in [-0.25, -0.2) is 4.39 Å². The molecule has 1 aliphatic rings. The molecule has 1 aromatic carbocycles. The van der Waals surface area contributed by atoms with Crippen molar-refractivity contribution in [1.82, 2.24) is 0 Å². The summed E-state index contributed by atoms with van der Waals surface area (Å²) in [5.74, 6) is -0.726. The Hall–Kier alpha value is -0.940. The zero-order chi connectivity index (χ0) is 14.0. The van der Waals surface area contributed by atoms with Crippen LogP contribution in [0.4, 0.5) is 10.1 Å². The van der Waals surface area contributed by atoms with Gasteiger partial charge in [0.15, 0.2) is 0 Å². The summed E-state index contributed by atoms with van der Waals surface area (Å²) in [6, 6.07) is 4.55. The van der Waals surface area contributed by atoms with E-state index in [1.165, 1.54) is 6.07 Å². The molecule has 0 aliphatic heterocycles.